The lowest BCUT2D eigenvalue weighted by molar-refractivity contribution is -0.118. The molecule has 0 N–H and O–H groups in total. The molecule has 0 saturated heterocycles. The van der Waals surface area contributed by atoms with Gasteiger partial charge in [0.1, 0.15) is 10.8 Å². The first-order valence-corrected chi connectivity index (χ1v) is 8.41. The van der Waals surface area contributed by atoms with Crippen LogP contribution in [-0.4, -0.2) is 5.78 Å². The van der Waals surface area contributed by atoms with Crippen LogP contribution in [0.5, 0.6) is 0 Å². The van der Waals surface area contributed by atoms with Crippen molar-refractivity contribution in [2.75, 3.05) is 0 Å². The van der Waals surface area contributed by atoms with Gasteiger partial charge in [-0.05, 0) is 35.4 Å². The highest BCUT2D eigenvalue weighted by molar-refractivity contribution is 6.43. The molecule has 2 aromatic carbocycles. The van der Waals surface area contributed by atoms with E-state index < -0.39 is 16.5 Å². The molecule has 2 rings (SSSR count). The molecule has 0 radical (unpaired) electrons. The summed E-state index contributed by atoms with van der Waals surface area (Å²) in [6.07, 6.45) is 0. The van der Waals surface area contributed by atoms with Gasteiger partial charge in [-0.15, -0.1) is 23.2 Å². The molecule has 0 fully saturated rings. The summed E-state index contributed by atoms with van der Waals surface area (Å²) in [4.78, 5) is 12.5. The Morgan fingerprint density at radius 2 is 1.09 bits per heavy atom. The van der Waals surface area contributed by atoms with Crippen LogP contribution in [0.4, 0.5) is 0 Å². The van der Waals surface area contributed by atoms with Gasteiger partial charge >= 0.3 is 0 Å². The zero-order valence-corrected chi connectivity index (χ0v) is 15.3. The molecule has 0 saturated carbocycles. The van der Waals surface area contributed by atoms with Crippen molar-refractivity contribution in [2.24, 2.45) is 0 Å². The predicted molar refractivity (Wildman–Crippen MR) is 95.1 cm³/mol. The van der Waals surface area contributed by atoms with Gasteiger partial charge in [0, 0.05) is 20.1 Å². The third kappa shape index (κ3) is 4.03. The third-order valence-corrected chi connectivity index (χ3v) is 5.00. The molecule has 0 aromatic heterocycles. The van der Waals surface area contributed by atoms with Crippen LogP contribution in [0.2, 0.25) is 20.1 Å². The quantitative estimate of drug-likeness (QED) is 0.484. The maximum atomic E-state index is 12.5. The van der Waals surface area contributed by atoms with E-state index in [9.17, 15) is 4.79 Å². The minimum atomic E-state index is -1.01. The normalized spacial score (nSPS) is 13.7. The molecule has 0 amide bonds. The number of ketones is 1. The Balaban J connectivity index is 2.29. The topological polar surface area (TPSA) is 17.1 Å². The molecule has 2 aromatic rings. The van der Waals surface area contributed by atoms with Crippen molar-refractivity contribution in [2.45, 2.75) is 10.8 Å². The lowest BCUT2D eigenvalue weighted by atomic mass is 10.0. The van der Waals surface area contributed by atoms with Gasteiger partial charge in [-0.2, -0.15) is 0 Å². The second-order valence-corrected chi connectivity index (χ2v) is 7.02. The second-order valence-electron chi connectivity index (χ2n) is 4.46. The highest BCUT2D eigenvalue weighted by atomic mass is 35.5. The first-order valence-electron chi connectivity index (χ1n) is 6.03. The number of carbonyl (C=O) groups is 1. The van der Waals surface area contributed by atoms with E-state index in [0.29, 0.717) is 31.2 Å². The van der Waals surface area contributed by atoms with Crippen LogP contribution in [0.1, 0.15) is 21.9 Å². The highest BCUT2D eigenvalue weighted by Gasteiger charge is 2.29. The summed E-state index contributed by atoms with van der Waals surface area (Å²) < 4.78 is 0. The lowest BCUT2D eigenvalue weighted by Gasteiger charge is -2.16. The van der Waals surface area contributed by atoms with Crippen molar-refractivity contribution in [1.82, 2.24) is 0 Å². The van der Waals surface area contributed by atoms with Gasteiger partial charge in [0.2, 0.25) is 0 Å². The molecule has 0 heterocycles. The first-order chi connectivity index (χ1) is 10.3. The van der Waals surface area contributed by atoms with Gasteiger partial charge in [-0.1, -0.05) is 58.5 Å². The van der Waals surface area contributed by atoms with Crippen LogP contribution >= 0.6 is 69.6 Å². The molecule has 2 unspecified atom stereocenters. The van der Waals surface area contributed by atoms with Crippen LogP contribution in [0, 0.1) is 0 Å². The van der Waals surface area contributed by atoms with Gasteiger partial charge in [-0.3, -0.25) is 4.79 Å². The minimum absolute atomic E-state index is 0.298. The first kappa shape index (κ1) is 18.2. The SMILES string of the molecule is O=C(C(Cl)c1ccc(Cl)cc1Cl)C(Cl)c1ccc(Cl)cc1Cl. The number of rotatable bonds is 4. The number of benzene rings is 2. The molecule has 0 aliphatic heterocycles. The Bertz CT molecular complexity index is 656. The Kier molecular flexibility index (Phi) is 6.30. The molecule has 0 bridgehead atoms. The summed E-state index contributed by atoms with van der Waals surface area (Å²) in [5.41, 5.74) is 0.877. The summed E-state index contributed by atoms with van der Waals surface area (Å²) in [6, 6.07) is 9.41. The van der Waals surface area contributed by atoms with E-state index >= 15 is 0 Å². The van der Waals surface area contributed by atoms with Gasteiger partial charge in [0.05, 0.1) is 0 Å². The summed E-state index contributed by atoms with van der Waals surface area (Å²) in [6.45, 7) is 0. The molecular formula is C15H8Cl6O. The smallest absolute Gasteiger partial charge is 0.177 e. The number of alkyl halides is 2. The van der Waals surface area contributed by atoms with Gasteiger partial charge in [0.15, 0.2) is 5.78 Å². The van der Waals surface area contributed by atoms with Gasteiger partial charge in [-0.25, -0.2) is 0 Å². The minimum Gasteiger partial charge on any atom is -0.296 e. The molecule has 0 aliphatic carbocycles. The largest absolute Gasteiger partial charge is 0.296 e. The number of halogens is 6. The third-order valence-electron chi connectivity index (χ3n) is 2.97. The van der Waals surface area contributed by atoms with Crippen LogP contribution in [0.15, 0.2) is 36.4 Å². The Labute approximate surface area is 158 Å². The summed E-state index contributed by atoms with van der Waals surface area (Å²) in [5, 5.41) is -0.529. The van der Waals surface area contributed by atoms with E-state index in [-0.39, 0.29) is 0 Å². The number of hydrogen-bond donors (Lipinski definition) is 0. The van der Waals surface area contributed by atoms with Crippen molar-refractivity contribution < 1.29 is 4.79 Å². The van der Waals surface area contributed by atoms with E-state index in [0.717, 1.165) is 0 Å². The Morgan fingerprint density at radius 1 is 0.727 bits per heavy atom. The van der Waals surface area contributed by atoms with Gasteiger partial charge < -0.3 is 0 Å². The van der Waals surface area contributed by atoms with Crippen molar-refractivity contribution in [1.29, 1.82) is 0 Å². The van der Waals surface area contributed by atoms with E-state index in [4.69, 9.17) is 69.6 Å². The van der Waals surface area contributed by atoms with Crippen LogP contribution < -0.4 is 0 Å². The molecule has 116 valence electrons. The van der Waals surface area contributed by atoms with Crippen molar-refractivity contribution in [3.63, 3.8) is 0 Å². The molecule has 2 atom stereocenters. The van der Waals surface area contributed by atoms with Crippen LogP contribution in [0.3, 0.4) is 0 Å². The maximum absolute atomic E-state index is 12.5. The average Bonchev–Trinajstić information content (AvgIpc) is 2.45. The highest BCUT2D eigenvalue weighted by Crippen LogP contribution is 2.38. The summed E-state index contributed by atoms with van der Waals surface area (Å²) in [7, 11) is 0. The average molecular weight is 417 g/mol. The molecular weight excluding hydrogens is 409 g/mol. The van der Waals surface area contributed by atoms with E-state index in [1.165, 1.54) is 12.1 Å². The van der Waals surface area contributed by atoms with E-state index in [2.05, 4.69) is 0 Å². The molecule has 22 heavy (non-hydrogen) atoms. The summed E-state index contributed by atoms with van der Waals surface area (Å²) >= 11 is 36.2. The fourth-order valence-corrected chi connectivity index (χ4v) is 3.69. The molecule has 1 nitrogen and oxygen atoms in total. The fraction of sp³-hybridized carbons (Fsp3) is 0.133. The maximum Gasteiger partial charge on any atom is 0.177 e. The predicted octanol–water partition coefficient (Wildman–Crippen LogP) is 7.13. The molecule has 0 spiro atoms. The van der Waals surface area contributed by atoms with Gasteiger partial charge in [0.25, 0.3) is 0 Å². The number of hydrogen-bond acceptors (Lipinski definition) is 1. The molecule has 7 heteroatoms. The number of carbonyl (C=O) groups excluding carboxylic acids is 1. The Morgan fingerprint density at radius 3 is 1.41 bits per heavy atom. The monoisotopic (exact) mass is 414 g/mol. The van der Waals surface area contributed by atoms with E-state index in [1.54, 1.807) is 24.3 Å². The van der Waals surface area contributed by atoms with Crippen molar-refractivity contribution in [3.8, 4) is 0 Å². The molecule has 0 aliphatic rings. The van der Waals surface area contributed by atoms with Crippen molar-refractivity contribution in [3.05, 3.63) is 67.6 Å². The van der Waals surface area contributed by atoms with Crippen LogP contribution in [-0.2, 0) is 4.79 Å². The van der Waals surface area contributed by atoms with E-state index in [1.807, 2.05) is 0 Å². The standard InChI is InChI=1S/C15H8Cl6O/c16-7-1-3-9(11(18)5-7)13(20)15(22)14(21)10-4-2-8(17)6-12(10)19/h1-6,13-14H. The zero-order chi connectivity index (χ0) is 16.4. The lowest BCUT2D eigenvalue weighted by Crippen LogP contribution is -2.14. The van der Waals surface area contributed by atoms with Crippen LogP contribution in [0.25, 0.3) is 0 Å². The zero-order valence-electron chi connectivity index (χ0n) is 10.8. The summed E-state index contributed by atoms with van der Waals surface area (Å²) in [5.74, 6) is -0.434. The number of Topliss-reactive ketones (excluding diaryl/α,β-unsaturated/α-hetero) is 1. The Hall–Kier alpha value is -0.150. The van der Waals surface area contributed by atoms with Crippen molar-refractivity contribution >= 4 is 75.4 Å². The fourth-order valence-electron chi connectivity index (χ4n) is 1.85. The second kappa shape index (κ2) is 7.61.